The average molecular weight is 326 g/mol. The number of carbonyl (C=O) groups excluding carboxylic acids is 1. The van der Waals surface area contributed by atoms with Crippen molar-refractivity contribution in [2.45, 2.75) is 64.7 Å². The van der Waals surface area contributed by atoms with E-state index in [-0.39, 0.29) is 5.97 Å². The molecule has 1 aromatic rings. The van der Waals surface area contributed by atoms with Crippen LogP contribution in [0.25, 0.3) is 0 Å². The monoisotopic (exact) mass is 326 g/mol. The van der Waals surface area contributed by atoms with E-state index < -0.39 is 0 Å². The maximum atomic E-state index is 11.7. The lowest BCUT2D eigenvalue weighted by Gasteiger charge is -2.28. The van der Waals surface area contributed by atoms with Crippen LogP contribution >= 0.6 is 0 Å². The van der Waals surface area contributed by atoms with Gasteiger partial charge in [0.1, 0.15) is 5.75 Å². The number of rotatable bonds is 7. The lowest BCUT2D eigenvalue weighted by Crippen LogP contribution is -2.13. The average Bonchev–Trinajstić information content (AvgIpc) is 2.60. The van der Waals surface area contributed by atoms with E-state index in [0.29, 0.717) is 11.7 Å². The first kappa shape index (κ1) is 18.5. The van der Waals surface area contributed by atoms with Gasteiger partial charge in [-0.1, -0.05) is 57.0 Å². The molecule has 0 spiro atoms. The van der Waals surface area contributed by atoms with Gasteiger partial charge in [0.25, 0.3) is 0 Å². The van der Waals surface area contributed by atoms with Crippen molar-refractivity contribution in [3.05, 3.63) is 54.1 Å². The van der Waals surface area contributed by atoms with E-state index in [0.717, 1.165) is 12.3 Å². The second kappa shape index (κ2) is 10.1. The van der Waals surface area contributed by atoms with Crippen LogP contribution in [0.3, 0.4) is 0 Å². The fraction of sp³-hybridized carbons (Fsp3) is 0.500. The Balaban J connectivity index is 1.84. The summed E-state index contributed by atoms with van der Waals surface area (Å²) in [6, 6.07) is 8.07. The minimum absolute atomic E-state index is 0.330. The Morgan fingerprint density at radius 3 is 2.42 bits per heavy atom. The molecule has 0 bridgehead atoms. The predicted octanol–water partition coefficient (Wildman–Crippen LogP) is 6.19. The summed E-state index contributed by atoms with van der Waals surface area (Å²) in [7, 11) is 0. The quantitative estimate of drug-likeness (QED) is 0.258. The van der Waals surface area contributed by atoms with Crippen molar-refractivity contribution in [1.29, 1.82) is 0 Å². The van der Waals surface area contributed by atoms with Gasteiger partial charge in [-0.15, -0.1) is 0 Å². The first-order chi connectivity index (χ1) is 11.7. The van der Waals surface area contributed by atoms with Crippen molar-refractivity contribution < 1.29 is 9.53 Å². The molecule has 1 aliphatic carbocycles. The number of benzene rings is 1. The first-order valence-corrected chi connectivity index (χ1v) is 9.37. The third-order valence-electron chi connectivity index (χ3n) is 4.83. The van der Waals surface area contributed by atoms with E-state index >= 15 is 0 Å². The van der Waals surface area contributed by atoms with Crippen molar-refractivity contribution in [2.24, 2.45) is 5.92 Å². The van der Waals surface area contributed by atoms with Gasteiger partial charge in [0.15, 0.2) is 0 Å². The van der Waals surface area contributed by atoms with Crippen LogP contribution in [0.5, 0.6) is 5.75 Å². The summed E-state index contributed by atoms with van der Waals surface area (Å²) in [5, 5.41) is 0. The molecule has 24 heavy (non-hydrogen) atoms. The van der Waals surface area contributed by atoms with E-state index in [2.05, 4.69) is 26.0 Å². The highest BCUT2D eigenvalue weighted by Gasteiger charge is 2.21. The molecule has 130 valence electrons. The summed E-state index contributed by atoms with van der Waals surface area (Å²) in [6.45, 7) is 4.34. The molecule has 1 fully saturated rings. The topological polar surface area (TPSA) is 26.3 Å². The molecule has 0 saturated heterocycles. The molecule has 0 unspecified atom stereocenters. The standard InChI is InChI=1S/C22H30O2/c1-3-5-6-7-9-22(23)24-21-16-14-20(15-17-21)19-12-10-18(8-4-2)11-13-19/h5-7,9,14-19H,3-4,8,10-13H2,1-2H3/b6-5+,9-7+. The Kier molecular flexibility index (Phi) is 7.81. The smallest absolute Gasteiger partial charge is 0.336 e. The molecule has 2 rings (SSSR count). The second-order valence-electron chi connectivity index (χ2n) is 6.69. The summed E-state index contributed by atoms with van der Waals surface area (Å²) < 4.78 is 5.33. The molecular weight excluding hydrogens is 296 g/mol. The fourth-order valence-electron chi connectivity index (χ4n) is 3.50. The van der Waals surface area contributed by atoms with Gasteiger partial charge in [0.05, 0.1) is 0 Å². The molecule has 1 saturated carbocycles. The third kappa shape index (κ3) is 5.99. The highest BCUT2D eigenvalue weighted by atomic mass is 16.5. The number of hydrogen-bond acceptors (Lipinski definition) is 2. The van der Waals surface area contributed by atoms with Gasteiger partial charge in [0, 0.05) is 6.08 Å². The molecule has 0 aromatic heterocycles. The Morgan fingerprint density at radius 1 is 1.08 bits per heavy atom. The summed E-state index contributed by atoms with van der Waals surface area (Å²) in [5.74, 6) is 1.89. The highest BCUT2D eigenvalue weighted by molar-refractivity contribution is 5.84. The highest BCUT2D eigenvalue weighted by Crippen LogP contribution is 2.37. The van der Waals surface area contributed by atoms with Crippen LogP contribution in [0.15, 0.2) is 48.6 Å². The lowest BCUT2D eigenvalue weighted by atomic mass is 9.77. The van der Waals surface area contributed by atoms with Gasteiger partial charge < -0.3 is 4.74 Å². The molecule has 0 atom stereocenters. The fourth-order valence-corrected chi connectivity index (χ4v) is 3.50. The van der Waals surface area contributed by atoms with Gasteiger partial charge in [-0.3, -0.25) is 0 Å². The van der Waals surface area contributed by atoms with Gasteiger partial charge >= 0.3 is 5.97 Å². The maximum absolute atomic E-state index is 11.7. The third-order valence-corrected chi connectivity index (χ3v) is 4.83. The Hall–Kier alpha value is -1.83. The first-order valence-electron chi connectivity index (χ1n) is 9.37. The van der Waals surface area contributed by atoms with E-state index in [4.69, 9.17) is 4.74 Å². The Labute approximate surface area is 146 Å². The largest absolute Gasteiger partial charge is 0.423 e. The van der Waals surface area contributed by atoms with E-state index in [1.54, 1.807) is 6.08 Å². The molecule has 2 nitrogen and oxygen atoms in total. The van der Waals surface area contributed by atoms with E-state index in [1.807, 2.05) is 24.3 Å². The van der Waals surface area contributed by atoms with Gasteiger partial charge in [0.2, 0.25) is 0 Å². The van der Waals surface area contributed by atoms with Crippen molar-refractivity contribution in [1.82, 2.24) is 0 Å². The Morgan fingerprint density at radius 2 is 1.79 bits per heavy atom. The van der Waals surface area contributed by atoms with Crippen LogP contribution in [-0.2, 0) is 4.79 Å². The minimum atomic E-state index is -0.330. The van der Waals surface area contributed by atoms with E-state index in [1.165, 1.54) is 50.2 Å². The zero-order valence-corrected chi connectivity index (χ0v) is 15.0. The van der Waals surface area contributed by atoms with Gasteiger partial charge in [-0.05, 0) is 61.6 Å². The van der Waals surface area contributed by atoms with Crippen LogP contribution < -0.4 is 4.74 Å². The predicted molar refractivity (Wildman–Crippen MR) is 100 cm³/mol. The number of hydrogen-bond donors (Lipinski definition) is 0. The Bertz CT molecular complexity index is 546. The second-order valence-corrected chi connectivity index (χ2v) is 6.69. The lowest BCUT2D eigenvalue weighted by molar-refractivity contribution is -0.128. The summed E-state index contributed by atoms with van der Waals surface area (Å²) in [6.07, 6.45) is 15.9. The van der Waals surface area contributed by atoms with Crippen LogP contribution in [0.2, 0.25) is 0 Å². The van der Waals surface area contributed by atoms with Crippen molar-refractivity contribution in [3.8, 4) is 5.75 Å². The molecule has 1 aromatic carbocycles. The molecule has 0 aliphatic heterocycles. The van der Waals surface area contributed by atoms with Crippen LogP contribution in [0, 0.1) is 5.92 Å². The zero-order chi connectivity index (χ0) is 17.2. The zero-order valence-electron chi connectivity index (χ0n) is 15.0. The number of allylic oxidation sites excluding steroid dienone is 3. The van der Waals surface area contributed by atoms with Gasteiger partial charge in [-0.2, -0.15) is 0 Å². The molecule has 0 amide bonds. The molecular formula is C22H30O2. The van der Waals surface area contributed by atoms with Crippen molar-refractivity contribution >= 4 is 5.97 Å². The number of esters is 1. The molecule has 1 aliphatic rings. The van der Waals surface area contributed by atoms with Crippen LogP contribution in [0.4, 0.5) is 0 Å². The van der Waals surface area contributed by atoms with Crippen LogP contribution in [0.1, 0.15) is 70.3 Å². The molecule has 0 heterocycles. The van der Waals surface area contributed by atoms with Gasteiger partial charge in [-0.25, -0.2) is 4.79 Å². The number of ether oxygens (including phenoxy) is 1. The SMILES string of the molecule is CC/C=C/C=C/C(=O)Oc1ccc(C2CCC(CCC)CC2)cc1. The molecule has 0 radical (unpaired) electrons. The van der Waals surface area contributed by atoms with E-state index in [9.17, 15) is 4.79 Å². The van der Waals surface area contributed by atoms with Crippen molar-refractivity contribution in [3.63, 3.8) is 0 Å². The maximum Gasteiger partial charge on any atom is 0.336 e. The van der Waals surface area contributed by atoms with Crippen molar-refractivity contribution in [2.75, 3.05) is 0 Å². The normalized spacial score (nSPS) is 21.4. The summed E-state index contributed by atoms with van der Waals surface area (Å²) in [5.41, 5.74) is 1.38. The summed E-state index contributed by atoms with van der Waals surface area (Å²) in [4.78, 5) is 11.7. The minimum Gasteiger partial charge on any atom is -0.423 e. The summed E-state index contributed by atoms with van der Waals surface area (Å²) >= 11 is 0. The molecule has 0 N–H and O–H groups in total. The molecule has 2 heteroatoms. The number of carbonyl (C=O) groups is 1. The van der Waals surface area contributed by atoms with Crippen LogP contribution in [-0.4, -0.2) is 5.97 Å².